The lowest BCUT2D eigenvalue weighted by Gasteiger charge is -2.15. The van der Waals surface area contributed by atoms with Crippen LogP contribution in [0.5, 0.6) is 0 Å². The van der Waals surface area contributed by atoms with Crippen LogP contribution < -0.4 is 0 Å². The summed E-state index contributed by atoms with van der Waals surface area (Å²) in [6, 6.07) is 0. The summed E-state index contributed by atoms with van der Waals surface area (Å²) in [5, 5.41) is 0. The van der Waals surface area contributed by atoms with E-state index >= 15 is 0 Å². The summed E-state index contributed by atoms with van der Waals surface area (Å²) in [4.78, 5) is 6.62. The molecule has 0 radical (unpaired) electrons. The Morgan fingerprint density at radius 3 is 2.55 bits per heavy atom. The lowest BCUT2D eigenvalue weighted by atomic mass is 10.4. The Bertz CT molecular complexity index is 164. The molecule has 2 heteroatoms. The van der Waals surface area contributed by atoms with E-state index in [2.05, 4.69) is 16.8 Å². The molecule has 0 amide bonds. The minimum Gasteiger partial charge on any atom is -0.360 e. The molecule has 0 aromatic rings. The first-order chi connectivity index (χ1) is 5.34. The predicted octanol–water partition coefficient (Wildman–Crippen LogP) is 2.03. The van der Waals surface area contributed by atoms with Crippen molar-refractivity contribution in [2.24, 2.45) is 4.99 Å². The second-order valence-corrected chi connectivity index (χ2v) is 2.85. The van der Waals surface area contributed by atoms with Gasteiger partial charge in [-0.05, 0) is 26.7 Å². The van der Waals surface area contributed by atoms with E-state index in [4.69, 9.17) is 0 Å². The van der Waals surface area contributed by atoms with Crippen molar-refractivity contribution in [3.63, 3.8) is 0 Å². The average molecular weight is 152 g/mol. The molecule has 1 aliphatic rings. The molecular weight excluding hydrogens is 136 g/mol. The Labute approximate surface area is 68.6 Å². The van der Waals surface area contributed by atoms with Crippen LogP contribution in [0, 0.1) is 0 Å². The van der Waals surface area contributed by atoms with Gasteiger partial charge in [-0.25, -0.2) is 4.99 Å². The number of likely N-dealkylation sites (tertiary alicyclic amines) is 1. The van der Waals surface area contributed by atoms with Crippen molar-refractivity contribution < 1.29 is 0 Å². The maximum Gasteiger partial charge on any atom is 0.101 e. The third kappa shape index (κ3) is 2.37. The lowest BCUT2D eigenvalue weighted by molar-refractivity contribution is 0.516. The van der Waals surface area contributed by atoms with Gasteiger partial charge < -0.3 is 4.90 Å². The maximum absolute atomic E-state index is 4.29. The minimum atomic E-state index is 1.15. The van der Waals surface area contributed by atoms with Crippen molar-refractivity contribution in [1.29, 1.82) is 0 Å². The smallest absolute Gasteiger partial charge is 0.101 e. The van der Waals surface area contributed by atoms with Gasteiger partial charge in [0.05, 0.1) is 0 Å². The second-order valence-electron chi connectivity index (χ2n) is 2.85. The van der Waals surface area contributed by atoms with Gasteiger partial charge in [0.2, 0.25) is 0 Å². The zero-order valence-corrected chi connectivity index (χ0v) is 7.38. The van der Waals surface area contributed by atoms with Crippen LogP contribution in [0.4, 0.5) is 0 Å². The van der Waals surface area contributed by atoms with Gasteiger partial charge in [-0.2, -0.15) is 0 Å². The Hall–Kier alpha value is -0.790. The van der Waals surface area contributed by atoms with E-state index < -0.39 is 0 Å². The third-order valence-corrected chi connectivity index (χ3v) is 1.97. The first-order valence-electron chi connectivity index (χ1n) is 4.25. The van der Waals surface area contributed by atoms with E-state index in [1.165, 1.54) is 25.9 Å². The topological polar surface area (TPSA) is 15.6 Å². The van der Waals surface area contributed by atoms with Crippen molar-refractivity contribution in [2.75, 3.05) is 13.1 Å². The van der Waals surface area contributed by atoms with E-state index in [-0.39, 0.29) is 0 Å². The number of rotatable bonds is 1. The van der Waals surface area contributed by atoms with Crippen LogP contribution in [0.1, 0.15) is 26.7 Å². The molecule has 1 fully saturated rings. The van der Waals surface area contributed by atoms with Gasteiger partial charge in [0.1, 0.15) is 5.84 Å². The molecule has 11 heavy (non-hydrogen) atoms. The van der Waals surface area contributed by atoms with Crippen LogP contribution in [-0.4, -0.2) is 23.8 Å². The first-order valence-corrected chi connectivity index (χ1v) is 4.25. The number of nitrogens with zero attached hydrogens (tertiary/aromatic N) is 2. The van der Waals surface area contributed by atoms with Crippen LogP contribution in [-0.2, 0) is 0 Å². The number of hydrogen-bond acceptors (Lipinski definition) is 1. The fourth-order valence-electron chi connectivity index (χ4n) is 1.30. The zero-order chi connectivity index (χ0) is 8.10. The minimum absolute atomic E-state index is 1.15. The van der Waals surface area contributed by atoms with Crippen LogP contribution in [0.25, 0.3) is 0 Å². The molecule has 0 atom stereocenters. The molecular formula is C9H16N2. The van der Waals surface area contributed by atoms with E-state index in [1.807, 2.05) is 19.2 Å². The van der Waals surface area contributed by atoms with Crippen LogP contribution in [0.2, 0.25) is 0 Å². The standard InChI is InChI=1S/C9H16N2/c1-3-6-10-9(2)11-7-4-5-8-11/h3,6H,4-5,7-8H2,1-2H3/b6-3-,10-9?. The van der Waals surface area contributed by atoms with Gasteiger partial charge in [-0.3, -0.25) is 0 Å². The van der Waals surface area contributed by atoms with Gasteiger partial charge >= 0.3 is 0 Å². The Morgan fingerprint density at radius 1 is 1.36 bits per heavy atom. The average Bonchev–Trinajstić information content (AvgIpc) is 2.52. The number of aliphatic imine (C=N–C) groups is 1. The monoisotopic (exact) mass is 152 g/mol. The van der Waals surface area contributed by atoms with Crippen molar-refractivity contribution in [3.8, 4) is 0 Å². The number of hydrogen-bond donors (Lipinski definition) is 0. The van der Waals surface area contributed by atoms with Gasteiger partial charge in [0, 0.05) is 19.3 Å². The highest BCUT2D eigenvalue weighted by atomic mass is 15.2. The molecule has 0 N–H and O–H groups in total. The summed E-state index contributed by atoms with van der Waals surface area (Å²) in [6.07, 6.45) is 6.46. The molecule has 0 spiro atoms. The summed E-state index contributed by atoms with van der Waals surface area (Å²) in [5.41, 5.74) is 0. The molecule has 0 saturated carbocycles. The lowest BCUT2D eigenvalue weighted by Crippen LogP contribution is -2.24. The maximum atomic E-state index is 4.29. The molecule has 0 aromatic heterocycles. The van der Waals surface area contributed by atoms with Crippen molar-refractivity contribution >= 4 is 5.84 Å². The molecule has 1 aliphatic heterocycles. The molecule has 1 rings (SSSR count). The van der Waals surface area contributed by atoms with Gasteiger partial charge in [0.15, 0.2) is 0 Å². The largest absolute Gasteiger partial charge is 0.360 e. The molecule has 2 nitrogen and oxygen atoms in total. The summed E-state index contributed by atoms with van der Waals surface area (Å²) < 4.78 is 0. The highest BCUT2D eigenvalue weighted by Crippen LogP contribution is 2.07. The summed E-state index contributed by atoms with van der Waals surface area (Å²) in [7, 11) is 0. The Balaban J connectivity index is 2.44. The molecule has 1 heterocycles. The van der Waals surface area contributed by atoms with Crippen molar-refractivity contribution in [2.45, 2.75) is 26.7 Å². The molecule has 1 saturated heterocycles. The molecule has 0 aliphatic carbocycles. The fourth-order valence-corrected chi connectivity index (χ4v) is 1.30. The second kappa shape index (κ2) is 4.16. The highest BCUT2D eigenvalue weighted by Gasteiger charge is 2.11. The van der Waals surface area contributed by atoms with Crippen molar-refractivity contribution in [1.82, 2.24) is 4.90 Å². The quantitative estimate of drug-likeness (QED) is 0.414. The van der Waals surface area contributed by atoms with E-state index in [1.54, 1.807) is 0 Å². The Morgan fingerprint density at radius 2 is 2.00 bits per heavy atom. The van der Waals surface area contributed by atoms with Gasteiger partial charge in [-0.15, -0.1) is 0 Å². The van der Waals surface area contributed by atoms with Crippen LogP contribution in [0.3, 0.4) is 0 Å². The zero-order valence-electron chi connectivity index (χ0n) is 7.38. The highest BCUT2D eigenvalue weighted by molar-refractivity contribution is 5.80. The molecule has 0 bridgehead atoms. The normalized spacial score (nSPS) is 20.2. The third-order valence-electron chi connectivity index (χ3n) is 1.97. The van der Waals surface area contributed by atoms with Crippen LogP contribution >= 0.6 is 0 Å². The number of amidine groups is 1. The predicted molar refractivity (Wildman–Crippen MR) is 48.7 cm³/mol. The van der Waals surface area contributed by atoms with Gasteiger partial charge in [-0.1, -0.05) is 6.08 Å². The molecule has 0 aromatic carbocycles. The SMILES string of the molecule is C/C=C\N=C(C)N1CCCC1. The van der Waals surface area contributed by atoms with Gasteiger partial charge in [0.25, 0.3) is 0 Å². The molecule has 62 valence electrons. The van der Waals surface area contributed by atoms with E-state index in [0.29, 0.717) is 0 Å². The van der Waals surface area contributed by atoms with Crippen LogP contribution in [0.15, 0.2) is 17.3 Å². The summed E-state index contributed by atoms with van der Waals surface area (Å²) >= 11 is 0. The Kier molecular flexibility index (Phi) is 3.14. The summed E-state index contributed by atoms with van der Waals surface area (Å²) in [5.74, 6) is 1.15. The fraction of sp³-hybridized carbons (Fsp3) is 0.667. The molecule has 0 unspecified atom stereocenters. The van der Waals surface area contributed by atoms with E-state index in [9.17, 15) is 0 Å². The van der Waals surface area contributed by atoms with E-state index in [0.717, 1.165) is 5.84 Å². The number of allylic oxidation sites excluding steroid dienone is 1. The first kappa shape index (κ1) is 8.31. The van der Waals surface area contributed by atoms with Crippen molar-refractivity contribution in [3.05, 3.63) is 12.3 Å². The summed E-state index contributed by atoms with van der Waals surface area (Å²) in [6.45, 7) is 6.44.